The Morgan fingerprint density at radius 2 is 1.88 bits per heavy atom. The van der Waals surface area contributed by atoms with Gasteiger partial charge in [-0.05, 0) is 61.3 Å². The zero-order valence-electron chi connectivity index (χ0n) is 18.6. The molecule has 0 saturated heterocycles. The van der Waals surface area contributed by atoms with E-state index in [4.69, 9.17) is 5.73 Å². The van der Waals surface area contributed by atoms with Gasteiger partial charge >= 0.3 is 6.36 Å². The molecule has 4 bridgehead atoms. The second-order valence-electron chi connectivity index (χ2n) is 9.98. The van der Waals surface area contributed by atoms with Crippen LogP contribution in [0, 0.1) is 34.5 Å². The second-order valence-corrected chi connectivity index (χ2v) is 9.98. The van der Waals surface area contributed by atoms with Crippen molar-refractivity contribution in [2.24, 2.45) is 28.9 Å². The SMILES string of the molecule is N#Cc1cnc(NCc2ccccc2OC(F)(F)F)nc1NC[C@@]12CC3CC(C1)C(N)[C@H](C3)C2. The summed E-state index contributed by atoms with van der Waals surface area (Å²) < 4.78 is 42.1. The zero-order valence-corrected chi connectivity index (χ0v) is 18.6. The number of nitriles is 1. The smallest absolute Gasteiger partial charge is 0.405 e. The van der Waals surface area contributed by atoms with Gasteiger partial charge in [-0.3, -0.25) is 0 Å². The fourth-order valence-electron chi connectivity index (χ4n) is 6.45. The fraction of sp³-hybridized carbons (Fsp3) is 0.542. The minimum absolute atomic E-state index is 0.0322. The van der Waals surface area contributed by atoms with Gasteiger partial charge in [0.05, 0.1) is 6.20 Å². The number of benzene rings is 1. The van der Waals surface area contributed by atoms with Crippen LogP contribution in [0.15, 0.2) is 30.5 Å². The number of rotatable bonds is 7. The summed E-state index contributed by atoms with van der Waals surface area (Å²) in [6.07, 6.45) is 2.47. The van der Waals surface area contributed by atoms with Gasteiger partial charge in [-0.2, -0.15) is 10.2 Å². The van der Waals surface area contributed by atoms with Crippen LogP contribution in [0.25, 0.3) is 0 Å². The minimum atomic E-state index is -4.78. The third-order valence-electron chi connectivity index (χ3n) is 7.65. The van der Waals surface area contributed by atoms with Crippen LogP contribution in [0.1, 0.15) is 43.2 Å². The lowest BCUT2D eigenvalue weighted by Gasteiger charge is -2.59. The zero-order chi connectivity index (χ0) is 23.9. The van der Waals surface area contributed by atoms with Gasteiger partial charge in [0.15, 0.2) is 0 Å². The van der Waals surface area contributed by atoms with Gasteiger partial charge in [0.1, 0.15) is 23.2 Å². The molecular formula is C24H27F3N6O. The molecule has 1 heterocycles. The van der Waals surface area contributed by atoms with Gasteiger partial charge in [0.25, 0.3) is 0 Å². The van der Waals surface area contributed by atoms with E-state index in [1.165, 1.54) is 43.7 Å². The summed E-state index contributed by atoms with van der Waals surface area (Å²) in [7, 11) is 0. The molecule has 180 valence electrons. The summed E-state index contributed by atoms with van der Waals surface area (Å²) in [5.74, 6) is 2.25. The molecule has 2 aromatic rings. The summed E-state index contributed by atoms with van der Waals surface area (Å²) >= 11 is 0. The average molecular weight is 473 g/mol. The first kappa shape index (κ1) is 22.7. The fourth-order valence-corrected chi connectivity index (χ4v) is 6.45. The van der Waals surface area contributed by atoms with Crippen LogP contribution in [-0.2, 0) is 6.54 Å². The van der Waals surface area contributed by atoms with Crippen LogP contribution in [0.3, 0.4) is 0 Å². The van der Waals surface area contributed by atoms with E-state index in [0.717, 1.165) is 25.3 Å². The van der Waals surface area contributed by atoms with E-state index >= 15 is 0 Å². The maximum atomic E-state index is 12.7. The molecule has 4 aliphatic carbocycles. The van der Waals surface area contributed by atoms with Crippen LogP contribution >= 0.6 is 0 Å². The number of nitrogens with zero attached hydrogens (tertiary/aromatic N) is 3. The normalized spacial score (nSPS) is 29.5. The number of nitrogens with two attached hydrogens (primary N) is 1. The van der Waals surface area contributed by atoms with E-state index in [1.54, 1.807) is 6.07 Å². The van der Waals surface area contributed by atoms with Crippen molar-refractivity contribution in [1.82, 2.24) is 9.97 Å². The molecule has 0 amide bonds. The number of halogens is 3. The van der Waals surface area contributed by atoms with Gasteiger partial charge in [-0.15, -0.1) is 13.2 Å². The molecule has 6 rings (SSSR count). The largest absolute Gasteiger partial charge is 0.573 e. The van der Waals surface area contributed by atoms with Crippen molar-refractivity contribution in [3.63, 3.8) is 0 Å². The maximum absolute atomic E-state index is 12.7. The highest BCUT2D eigenvalue weighted by atomic mass is 19.4. The minimum Gasteiger partial charge on any atom is -0.405 e. The Labute approximate surface area is 195 Å². The second kappa shape index (κ2) is 8.62. The van der Waals surface area contributed by atoms with Crippen LogP contribution in [0.2, 0.25) is 0 Å². The first-order valence-electron chi connectivity index (χ1n) is 11.6. The predicted molar refractivity (Wildman–Crippen MR) is 120 cm³/mol. The monoisotopic (exact) mass is 472 g/mol. The molecule has 4 aliphatic rings. The Balaban J connectivity index is 1.28. The molecule has 1 aromatic carbocycles. The lowest BCUT2D eigenvalue weighted by molar-refractivity contribution is -0.274. The summed E-state index contributed by atoms with van der Waals surface area (Å²) in [5.41, 5.74) is 7.27. The van der Waals surface area contributed by atoms with Gasteiger partial charge in [-0.25, -0.2) is 4.98 Å². The molecule has 1 aromatic heterocycles. The van der Waals surface area contributed by atoms with E-state index in [2.05, 4.69) is 31.4 Å². The maximum Gasteiger partial charge on any atom is 0.573 e. The number of aromatic nitrogens is 2. The van der Waals surface area contributed by atoms with Crippen molar-refractivity contribution >= 4 is 11.8 Å². The average Bonchev–Trinajstić information content (AvgIpc) is 2.79. The third kappa shape index (κ3) is 4.62. The lowest BCUT2D eigenvalue weighted by atomic mass is 9.48. The molecule has 0 spiro atoms. The standard InChI is InChI=1S/C24H27F3N6O/c25-24(26,27)34-19-4-2-1-3-15(19)11-30-22-31-12-18(10-28)21(33-22)32-13-23-7-14-5-16(8-23)20(29)17(6-14)9-23/h1-4,12,14,16-17,20H,5-9,11,13,29H2,(H2,30,31,32,33)/t14?,16-,17?,20?,23-/m1/s1. The van der Waals surface area contributed by atoms with Gasteiger partial charge in [0.2, 0.25) is 5.95 Å². The number of hydrogen-bond acceptors (Lipinski definition) is 7. The quantitative estimate of drug-likeness (QED) is 0.547. The Morgan fingerprint density at radius 1 is 1.15 bits per heavy atom. The Bertz CT molecular complexity index is 1080. The first-order chi connectivity index (χ1) is 16.2. The highest BCUT2D eigenvalue weighted by molar-refractivity contribution is 5.53. The first-order valence-corrected chi connectivity index (χ1v) is 11.6. The Hall–Kier alpha value is -3.06. The number of para-hydroxylation sites is 1. The van der Waals surface area contributed by atoms with E-state index in [-0.39, 0.29) is 23.7 Å². The molecule has 34 heavy (non-hydrogen) atoms. The summed E-state index contributed by atoms with van der Waals surface area (Å²) in [4.78, 5) is 8.60. The van der Waals surface area contributed by atoms with Crippen molar-refractivity contribution in [2.45, 2.75) is 51.1 Å². The van der Waals surface area contributed by atoms with E-state index in [1.807, 2.05) is 0 Å². The van der Waals surface area contributed by atoms with E-state index < -0.39 is 6.36 Å². The van der Waals surface area contributed by atoms with Crippen molar-refractivity contribution in [2.75, 3.05) is 17.2 Å². The van der Waals surface area contributed by atoms with Crippen molar-refractivity contribution in [3.8, 4) is 11.8 Å². The van der Waals surface area contributed by atoms with Gasteiger partial charge in [0, 0.05) is 24.7 Å². The van der Waals surface area contributed by atoms with Crippen LogP contribution in [0.5, 0.6) is 5.75 Å². The van der Waals surface area contributed by atoms with E-state index in [9.17, 15) is 18.4 Å². The topological polar surface area (TPSA) is 109 Å². The Morgan fingerprint density at radius 3 is 2.59 bits per heavy atom. The summed E-state index contributed by atoms with van der Waals surface area (Å²) in [6.45, 7) is 0.751. The Kier molecular flexibility index (Phi) is 5.76. The van der Waals surface area contributed by atoms with Crippen LogP contribution in [0.4, 0.5) is 24.9 Å². The van der Waals surface area contributed by atoms with Gasteiger partial charge in [-0.1, -0.05) is 18.2 Å². The third-order valence-corrected chi connectivity index (χ3v) is 7.65. The predicted octanol–water partition coefficient (Wildman–Crippen LogP) is 4.42. The molecule has 4 saturated carbocycles. The van der Waals surface area contributed by atoms with E-state index in [0.29, 0.717) is 34.8 Å². The molecular weight excluding hydrogens is 445 g/mol. The molecule has 0 aliphatic heterocycles. The molecule has 4 fully saturated rings. The summed E-state index contributed by atoms with van der Waals surface area (Å²) in [5, 5.41) is 15.9. The molecule has 3 unspecified atom stereocenters. The van der Waals surface area contributed by atoms with Gasteiger partial charge < -0.3 is 21.1 Å². The summed E-state index contributed by atoms with van der Waals surface area (Å²) in [6, 6.07) is 8.32. The number of nitrogens with one attached hydrogen (secondary N) is 2. The molecule has 0 radical (unpaired) electrons. The van der Waals surface area contributed by atoms with Crippen LogP contribution < -0.4 is 21.1 Å². The molecule has 10 heteroatoms. The number of ether oxygens (including phenoxy) is 1. The number of hydrogen-bond donors (Lipinski definition) is 3. The molecule has 4 N–H and O–H groups in total. The highest BCUT2D eigenvalue weighted by Crippen LogP contribution is 2.59. The molecule has 7 nitrogen and oxygen atoms in total. The van der Waals surface area contributed by atoms with Crippen molar-refractivity contribution in [3.05, 3.63) is 41.6 Å². The number of alkyl halides is 3. The van der Waals surface area contributed by atoms with Crippen molar-refractivity contribution in [1.29, 1.82) is 5.26 Å². The lowest BCUT2D eigenvalue weighted by Crippen LogP contribution is -2.58. The number of anilines is 2. The van der Waals surface area contributed by atoms with Crippen LogP contribution in [-0.4, -0.2) is 28.9 Å². The highest BCUT2D eigenvalue weighted by Gasteiger charge is 2.54. The van der Waals surface area contributed by atoms with Crippen molar-refractivity contribution < 1.29 is 17.9 Å². The molecule has 5 atom stereocenters.